The molecular formula is C38H38Cl4N8O8S2. The topological polar surface area (TPSA) is 227 Å². The Bertz CT molecular complexity index is 2600. The van der Waals surface area contributed by atoms with Gasteiger partial charge in [-0.05, 0) is 73.9 Å². The Hall–Kier alpha value is -4.53. The van der Waals surface area contributed by atoms with E-state index in [-0.39, 0.29) is 53.0 Å². The number of rotatable bonds is 20. The minimum Gasteiger partial charge on any atom is -0.493 e. The number of hydrogen-bond donors (Lipinski definition) is 3. The number of aromatic nitrogens is 3. The van der Waals surface area contributed by atoms with Gasteiger partial charge in [-0.15, -0.1) is 10.2 Å². The zero-order chi connectivity index (χ0) is 43.5. The van der Waals surface area contributed by atoms with Crippen molar-refractivity contribution in [2.45, 2.75) is 50.8 Å². The van der Waals surface area contributed by atoms with Crippen molar-refractivity contribution in [2.75, 3.05) is 30.8 Å². The van der Waals surface area contributed by atoms with Crippen LogP contribution in [0.4, 0.5) is 28.7 Å². The van der Waals surface area contributed by atoms with Gasteiger partial charge in [0, 0.05) is 47.7 Å². The van der Waals surface area contributed by atoms with Crippen LogP contribution in [0.5, 0.6) is 11.5 Å². The number of halogens is 4. The van der Waals surface area contributed by atoms with Crippen LogP contribution in [0.2, 0.25) is 20.1 Å². The molecule has 22 heteroatoms. The number of azo groups is 2. The smallest absolute Gasteiger partial charge is 0.296 e. The lowest BCUT2D eigenvalue weighted by atomic mass is 10.1. The predicted molar refractivity (Wildman–Crippen MR) is 231 cm³/mol. The summed E-state index contributed by atoms with van der Waals surface area (Å²) in [4.78, 5) is 13.5. The highest BCUT2D eigenvalue weighted by atomic mass is 35.5. The molecule has 0 bridgehead atoms. The van der Waals surface area contributed by atoms with E-state index in [1.54, 1.807) is 42.5 Å². The first-order chi connectivity index (χ1) is 28.5. The zero-order valence-corrected chi connectivity index (χ0v) is 36.7. The molecule has 0 spiro atoms. The van der Waals surface area contributed by atoms with Crippen molar-refractivity contribution in [3.05, 3.63) is 110 Å². The molecule has 0 saturated carbocycles. The van der Waals surface area contributed by atoms with Gasteiger partial charge in [-0.3, -0.25) is 9.11 Å². The van der Waals surface area contributed by atoms with Crippen molar-refractivity contribution >= 4 is 95.3 Å². The molecule has 0 saturated heterocycles. The molecule has 5 aromatic rings. The lowest BCUT2D eigenvalue weighted by Gasteiger charge is -2.15. The summed E-state index contributed by atoms with van der Waals surface area (Å²) in [6.07, 6.45) is 1.72. The average molecular weight is 941 g/mol. The third-order valence-corrected chi connectivity index (χ3v) is 11.0. The van der Waals surface area contributed by atoms with Crippen LogP contribution >= 0.6 is 46.4 Å². The maximum absolute atomic E-state index is 11.8. The van der Waals surface area contributed by atoms with Gasteiger partial charge in [0.25, 0.3) is 20.2 Å². The molecule has 0 amide bonds. The second kappa shape index (κ2) is 21.3. The maximum Gasteiger partial charge on any atom is 0.296 e. The predicted octanol–water partition coefficient (Wildman–Crippen LogP) is 11.0. The van der Waals surface area contributed by atoms with Crippen molar-refractivity contribution in [1.82, 2.24) is 15.0 Å². The van der Waals surface area contributed by atoms with Gasteiger partial charge in [-0.1, -0.05) is 60.3 Å². The van der Waals surface area contributed by atoms with Crippen molar-refractivity contribution < 1.29 is 35.4 Å². The van der Waals surface area contributed by atoms with Crippen molar-refractivity contribution in [2.24, 2.45) is 20.5 Å². The van der Waals surface area contributed by atoms with E-state index in [1.807, 2.05) is 13.8 Å². The molecule has 0 aliphatic heterocycles. The van der Waals surface area contributed by atoms with Gasteiger partial charge in [0.2, 0.25) is 5.95 Å². The summed E-state index contributed by atoms with van der Waals surface area (Å²) in [6, 6.07) is 17.0. The molecule has 0 radical (unpaired) electrons. The molecule has 0 atom stereocenters. The maximum atomic E-state index is 11.8. The largest absolute Gasteiger partial charge is 0.493 e. The van der Waals surface area contributed by atoms with Gasteiger partial charge in [0.05, 0.1) is 45.4 Å². The normalized spacial score (nSPS) is 12.1. The van der Waals surface area contributed by atoms with E-state index in [0.717, 1.165) is 18.9 Å². The quantitative estimate of drug-likeness (QED) is 0.0376. The van der Waals surface area contributed by atoms with Gasteiger partial charge in [0.1, 0.15) is 39.4 Å². The standard InChI is InChI=1S/C38H38Cl4N8O8S2/c1-3-12-43-38-45-36(18-23-16-29(41)31(21-33(23)57-13-4-2)49-47-26-8-6-25(39)7-9-26)44-37(46-38)19-24-17-30(42)32(22-34(24)58-14-5-15-59(51,52)53)50-48-27-10-11-28(40)35(20-27)60(54,55)56/h6-11,16-17,20-22H,3-5,12-15,18-19H2,1-2H3,(H,51,52,53)(H,54,55,56)(H,43,44,45,46). The summed E-state index contributed by atoms with van der Waals surface area (Å²) >= 11 is 25.3. The SMILES string of the molecule is CCCNc1nc(Cc2cc(Cl)c(N=Nc3ccc(Cl)cc3)cc2OCCC)nc(Cc2cc(Cl)c(N=Nc3ccc(Cl)c(S(=O)(=O)O)c3)cc2OCCCS(=O)(=O)O)n1. The molecule has 0 fully saturated rings. The number of anilines is 1. The Kier molecular flexibility index (Phi) is 16.5. The third kappa shape index (κ3) is 14.0. The highest BCUT2D eigenvalue weighted by Crippen LogP contribution is 2.38. The first kappa shape index (κ1) is 46.5. The van der Waals surface area contributed by atoms with Gasteiger partial charge in [-0.25, -0.2) is 4.98 Å². The fraction of sp³-hybridized carbons (Fsp3) is 0.289. The number of nitrogens with zero attached hydrogens (tertiary/aromatic N) is 7. The molecule has 1 aromatic heterocycles. The summed E-state index contributed by atoms with van der Waals surface area (Å²) in [5, 5.41) is 20.8. The van der Waals surface area contributed by atoms with Crippen LogP contribution in [-0.2, 0) is 33.1 Å². The molecule has 16 nitrogen and oxygen atoms in total. The van der Waals surface area contributed by atoms with Crippen LogP contribution in [-0.4, -0.2) is 66.4 Å². The van der Waals surface area contributed by atoms with E-state index in [9.17, 15) is 25.9 Å². The lowest BCUT2D eigenvalue weighted by Crippen LogP contribution is -2.12. The minimum absolute atomic E-state index is 0.0362. The number of hydrogen-bond acceptors (Lipinski definition) is 14. The fourth-order valence-corrected chi connectivity index (χ4v) is 7.32. The zero-order valence-electron chi connectivity index (χ0n) is 32.0. The summed E-state index contributed by atoms with van der Waals surface area (Å²) in [5.74, 6) is 1.20. The van der Waals surface area contributed by atoms with Crippen LogP contribution in [0.3, 0.4) is 0 Å². The van der Waals surface area contributed by atoms with Crippen LogP contribution < -0.4 is 14.8 Å². The number of nitrogens with one attached hydrogen (secondary N) is 1. The molecule has 5 rings (SSSR count). The molecule has 318 valence electrons. The molecule has 0 aliphatic rings. The summed E-state index contributed by atoms with van der Waals surface area (Å²) in [7, 11) is -8.90. The molecule has 1 heterocycles. The van der Waals surface area contributed by atoms with Gasteiger partial charge < -0.3 is 14.8 Å². The van der Waals surface area contributed by atoms with Gasteiger partial charge in [-0.2, -0.15) is 37.0 Å². The van der Waals surface area contributed by atoms with E-state index in [2.05, 4.69) is 35.7 Å². The van der Waals surface area contributed by atoms with E-state index in [4.69, 9.17) is 60.9 Å². The Labute approximate surface area is 366 Å². The lowest BCUT2D eigenvalue weighted by molar-refractivity contribution is 0.313. The third-order valence-electron chi connectivity index (χ3n) is 8.05. The van der Waals surface area contributed by atoms with E-state index >= 15 is 0 Å². The molecule has 60 heavy (non-hydrogen) atoms. The highest BCUT2D eigenvalue weighted by molar-refractivity contribution is 7.86. The Morgan fingerprint density at radius 1 is 0.650 bits per heavy atom. The van der Waals surface area contributed by atoms with Crippen LogP contribution in [0, 0.1) is 0 Å². The van der Waals surface area contributed by atoms with E-state index in [1.165, 1.54) is 18.2 Å². The van der Waals surface area contributed by atoms with Crippen LogP contribution in [0.1, 0.15) is 55.9 Å². The summed E-state index contributed by atoms with van der Waals surface area (Å²) in [6.45, 7) is 4.84. The average Bonchev–Trinajstić information content (AvgIpc) is 3.18. The first-order valence-corrected chi connectivity index (χ1v) is 22.8. The minimum atomic E-state index is -4.65. The second-order valence-electron chi connectivity index (χ2n) is 12.9. The Balaban J connectivity index is 1.49. The van der Waals surface area contributed by atoms with Crippen molar-refractivity contribution in [3.8, 4) is 11.5 Å². The van der Waals surface area contributed by atoms with Crippen molar-refractivity contribution in [1.29, 1.82) is 0 Å². The molecule has 0 unspecified atom stereocenters. The Morgan fingerprint density at radius 3 is 1.73 bits per heavy atom. The molecular weight excluding hydrogens is 902 g/mol. The fourth-order valence-electron chi connectivity index (χ4n) is 5.27. The van der Waals surface area contributed by atoms with Crippen LogP contribution in [0.25, 0.3) is 0 Å². The summed E-state index contributed by atoms with van der Waals surface area (Å²) in [5.41, 5.74) is 2.28. The van der Waals surface area contributed by atoms with Gasteiger partial charge >= 0.3 is 0 Å². The van der Waals surface area contributed by atoms with Gasteiger partial charge in [0.15, 0.2) is 0 Å². The molecule has 0 aliphatic carbocycles. The van der Waals surface area contributed by atoms with E-state index < -0.39 is 30.9 Å². The monoisotopic (exact) mass is 938 g/mol. The second-order valence-corrected chi connectivity index (χ2v) is 17.5. The highest BCUT2D eigenvalue weighted by Gasteiger charge is 2.19. The first-order valence-electron chi connectivity index (χ1n) is 18.2. The Morgan fingerprint density at radius 2 is 1.20 bits per heavy atom. The molecule has 4 aromatic carbocycles. The van der Waals surface area contributed by atoms with Crippen LogP contribution in [0.15, 0.2) is 92.1 Å². The number of benzene rings is 4. The summed E-state index contributed by atoms with van der Waals surface area (Å²) < 4.78 is 77.1. The molecule has 3 N–H and O–H groups in total. The number of ether oxygens (including phenoxy) is 2. The van der Waals surface area contributed by atoms with Crippen molar-refractivity contribution in [3.63, 3.8) is 0 Å². The van der Waals surface area contributed by atoms with E-state index in [0.29, 0.717) is 69.0 Å².